The zero-order valence-corrected chi connectivity index (χ0v) is 19.4. The van der Waals surface area contributed by atoms with E-state index in [4.69, 9.17) is 0 Å². The van der Waals surface area contributed by atoms with Crippen LogP contribution < -0.4 is 15.5 Å². The Kier molecular flexibility index (Phi) is 6.54. The van der Waals surface area contributed by atoms with E-state index in [1.807, 2.05) is 28.9 Å². The van der Waals surface area contributed by atoms with E-state index in [9.17, 15) is 22.8 Å². The average Bonchev–Trinajstić information content (AvgIpc) is 3.39. The molecule has 3 aromatic rings. The normalized spacial score (nSPS) is 17.4. The number of urea groups is 1. The van der Waals surface area contributed by atoms with Gasteiger partial charge in [0.05, 0.1) is 16.6 Å². The van der Waals surface area contributed by atoms with E-state index in [1.54, 1.807) is 6.20 Å². The molecular weight excluding hydrogens is 485 g/mol. The molecular formula is C23H24ClF3N6O2. The molecule has 0 saturated carbocycles. The predicted octanol–water partition coefficient (Wildman–Crippen LogP) is 3.78. The molecule has 3 amide bonds. The number of nitrogens with zero attached hydrogens (tertiary/aromatic N) is 4. The summed E-state index contributed by atoms with van der Waals surface area (Å²) in [6.45, 7) is 1.64. The van der Waals surface area contributed by atoms with Crippen molar-refractivity contribution in [2.24, 2.45) is 0 Å². The number of carbonyl (C=O) groups is 2. The molecule has 5 rings (SSSR count). The van der Waals surface area contributed by atoms with Gasteiger partial charge in [0.2, 0.25) is 5.91 Å². The lowest BCUT2D eigenvalue weighted by molar-refractivity contribution is -0.137. The van der Waals surface area contributed by atoms with Crippen LogP contribution >= 0.6 is 12.4 Å². The Hall–Kier alpha value is -3.47. The molecule has 2 aromatic heterocycles. The minimum Gasteiger partial charge on any atom is -0.355 e. The lowest BCUT2D eigenvalue weighted by atomic mass is 9.88. The second-order valence-electron chi connectivity index (χ2n) is 8.73. The number of alkyl halides is 3. The van der Waals surface area contributed by atoms with Gasteiger partial charge in [0.15, 0.2) is 5.82 Å². The first-order chi connectivity index (χ1) is 16.2. The number of carbonyl (C=O) groups excluding carboxylic acids is 2. The number of rotatable bonds is 4. The van der Waals surface area contributed by atoms with Gasteiger partial charge >= 0.3 is 12.2 Å². The quantitative estimate of drug-likeness (QED) is 0.562. The maximum Gasteiger partial charge on any atom is 0.416 e. The highest BCUT2D eigenvalue weighted by molar-refractivity contribution is 5.95. The summed E-state index contributed by atoms with van der Waals surface area (Å²) in [6, 6.07) is 7.87. The highest BCUT2D eigenvalue weighted by Gasteiger charge is 2.45. The molecule has 35 heavy (non-hydrogen) atoms. The monoisotopic (exact) mass is 508 g/mol. The maximum absolute atomic E-state index is 12.7. The van der Waals surface area contributed by atoms with Crippen LogP contribution in [0, 0.1) is 0 Å². The van der Waals surface area contributed by atoms with Crippen LogP contribution in [-0.2, 0) is 11.0 Å². The first kappa shape index (κ1) is 24.6. The van der Waals surface area contributed by atoms with Crippen LogP contribution in [0.2, 0.25) is 0 Å². The first-order valence-electron chi connectivity index (χ1n) is 10.9. The second kappa shape index (κ2) is 9.29. The third-order valence-corrected chi connectivity index (χ3v) is 6.44. The summed E-state index contributed by atoms with van der Waals surface area (Å²) in [5, 5.41) is 5.60. The zero-order chi connectivity index (χ0) is 23.9. The number of halogens is 4. The number of benzene rings is 1. The molecule has 0 atom stereocenters. The Labute approximate surface area is 205 Å². The number of piperidine rings is 1. The van der Waals surface area contributed by atoms with Gasteiger partial charge in [0.25, 0.3) is 0 Å². The van der Waals surface area contributed by atoms with E-state index in [-0.39, 0.29) is 30.7 Å². The van der Waals surface area contributed by atoms with Crippen LogP contribution in [0.4, 0.5) is 29.5 Å². The molecule has 0 aliphatic carbocycles. The van der Waals surface area contributed by atoms with Gasteiger partial charge in [-0.2, -0.15) is 13.2 Å². The number of anilines is 2. The number of fused-ring (bicyclic) bond motifs is 1. The van der Waals surface area contributed by atoms with Crippen molar-refractivity contribution in [3.63, 3.8) is 0 Å². The van der Waals surface area contributed by atoms with Gasteiger partial charge in [0, 0.05) is 43.9 Å². The molecule has 2 saturated heterocycles. The fourth-order valence-electron chi connectivity index (χ4n) is 4.66. The van der Waals surface area contributed by atoms with Crippen LogP contribution in [0.25, 0.3) is 5.52 Å². The molecule has 2 aliphatic rings. The van der Waals surface area contributed by atoms with E-state index in [2.05, 4.69) is 20.5 Å². The fraction of sp³-hybridized carbons (Fsp3) is 0.348. The largest absolute Gasteiger partial charge is 0.416 e. The zero-order valence-electron chi connectivity index (χ0n) is 18.6. The minimum atomic E-state index is -4.44. The summed E-state index contributed by atoms with van der Waals surface area (Å²) < 4.78 is 40.1. The number of hydrogen-bond donors (Lipinski definition) is 2. The Bertz CT molecular complexity index is 1220. The van der Waals surface area contributed by atoms with Crippen molar-refractivity contribution in [3.8, 4) is 0 Å². The first-order valence-corrected chi connectivity index (χ1v) is 10.9. The second-order valence-corrected chi connectivity index (χ2v) is 8.73. The highest BCUT2D eigenvalue weighted by atomic mass is 35.5. The SMILES string of the molecule is Cl.O=C(CN1CC2(CCN(c3nccn4cccc34)CC2)NC1=O)Nc1ccc(C(F)(F)F)cc1. The van der Waals surface area contributed by atoms with Gasteiger partial charge in [-0.05, 0) is 49.2 Å². The lowest BCUT2D eigenvalue weighted by Crippen LogP contribution is -2.52. The van der Waals surface area contributed by atoms with Crippen molar-refractivity contribution < 1.29 is 22.8 Å². The van der Waals surface area contributed by atoms with Crippen molar-refractivity contribution >= 4 is 41.4 Å². The molecule has 1 spiro atoms. The lowest BCUT2D eigenvalue weighted by Gasteiger charge is -2.39. The van der Waals surface area contributed by atoms with Gasteiger partial charge in [-0.15, -0.1) is 12.4 Å². The number of aromatic nitrogens is 2. The summed E-state index contributed by atoms with van der Waals surface area (Å²) in [6.07, 6.45) is 2.61. The van der Waals surface area contributed by atoms with E-state index in [1.165, 1.54) is 17.0 Å². The Balaban J connectivity index is 0.00000289. The molecule has 0 bridgehead atoms. The fourth-order valence-corrected chi connectivity index (χ4v) is 4.66. The van der Waals surface area contributed by atoms with E-state index < -0.39 is 23.2 Å². The van der Waals surface area contributed by atoms with Gasteiger partial charge in [-0.1, -0.05) is 0 Å². The third kappa shape index (κ3) is 5.00. The van der Waals surface area contributed by atoms with Crippen LogP contribution in [-0.4, -0.2) is 57.9 Å². The van der Waals surface area contributed by atoms with Crippen molar-refractivity contribution in [1.82, 2.24) is 19.6 Å². The van der Waals surface area contributed by atoms with Crippen molar-refractivity contribution in [3.05, 3.63) is 60.6 Å². The van der Waals surface area contributed by atoms with Crippen LogP contribution in [0.15, 0.2) is 55.0 Å². The van der Waals surface area contributed by atoms with Crippen LogP contribution in [0.5, 0.6) is 0 Å². The standard InChI is InChI=1S/C23H23F3N6O2.ClH/c24-23(25,26)16-3-5-17(6-4-16)28-19(33)14-32-15-22(29-21(32)34)7-11-31(12-8-22)20-18-2-1-10-30(18)13-9-27-20;/h1-6,9-10,13H,7-8,11-12,14-15H2,(H,28,33)(H,29,34);1H. The minimum absolute atomic E-state index is 0. The van der Waals surface area contributed by atoms with E-state index in [0.717, 1.165) is 23.5 Å². The molecule has 2 fully saturated rings. The third-order valence-electron chi connectivity index (χ3n) is 6.44. The van der Waals surface area contributed by atoms with Crippen LogP contribution in [0.3, 0.4) is 0 Å². The summed E-state index contributed by atoms with van der Waals surface area (Å²) in [7, 11) is 0. The van der Waals surface area contributed by atoms with Gasteiger partial charge in [-0.3, -0.25) is 4.79 Å². The Morgan fingerprint density at radius 2 is 1.83 bits per heavy atom. The average molecular weight is 509 g/mol. The molecule has 8 nitrogen and oxygen atoms in total. The molecule has 1 aromatic carbocycles. The van der Waals surface area contributed by atoms with E-state index in [0.29, 0.717) is 32.5 Å². The predicted molar refractivity (Wildman–Crippen MR) is 127 cm³/mol. The van der Waals surface area contributed by atoms with E-state index >= 15 is 0 Å². The smallest absolute Gasteiger partial charge is 0.355 e. The van der Waals surface area contributed by atoms with Crippen molar-refractivity contribution in [2.45, 2.75) is 24.6 Å². The van der Waals surface area contributed by atoms with Gasteiger partial charge in [0.1, 0.15) is 6.54 Å². The Morgan fingerprint density at radius 3 is 2.51 bits per heavy atom. The van der Waals surface area contributed by atoms with Crippen molar-refractivity contribution in [1.29, 1.82) is 0 Å². The van der Waals surface area contributed by atoms with Gasteiger partial charge < -0.3 is 24.8 Å². The maximum atomic E-state index is 12.7. The van der Waals surface area contributed by atoms with Crippen molar-refractivity contribution in [2.75, 3.05) is 36.4 Å². The highest BCUT2D eigenvalue weighted by Crippen LogP contribution is 2.32. The van der Waals surface area contributed by atoms with Gasteiger partial charge in [-0.25, -0.2) is 9.78 Å². The van der Waals surface area contributed by atoms with Crippen LogP contribution in [0.1, 0.15) is 18.4 Å². The number of nitrogens with one attached hydrogen (secondary N) is 2. The molecule has 0 unspecified atom stereocenters. The topological polar surface area (TPSA) is 82.0 Å². The molecule has 12 heteroatoms. The summed E-state index contributed by atoms with van der Waals surface area (Å²) >= 11 is 0. The number of hydrogen-bond acceptors (Lipinski definition) is 4. The molecule has 0 radical (unpaired) electrons. The summed E-state index contributed by atoms with van der Waals surface area (Å²) in [4.78, 5) is 33.2. The summed E-state index contributed by atoms with van der Waals surface area (Å²) in [5.41, 5.74) is 0.0548. The molecule has 4 heterocycles. The Morgan fingerprint density at radius 1 is 1.11 bits per heavy atom. The molecule has 2 N–H and O–H groups in total. The summed E-state index contributed by atoms with van der Waals surface area (Å²) in [5.74, 6) is 0.438. The number of amides is 3. The molecule has 186 valence electrons. The molecule has 2 aliphatic heterocycles.